The first kappa shape index (κ1) is 12.1. The predicted molar refractivity (Wildman–Crippen MR) is 60.8 cm³/mol. The fourth-order valence-corrected chi connectivity index (χ4v) is 1.63. The summed E-state index contributed by atoms with van der Waals surface area (Å²) in [6.07, 6.45) is 10.5. The summed E-state index contributed by atoms with van der Waals surface area (Å²) in [5.41, 5.74) is 0. The van der Waals surface area contributed by atoms with Crippen molar-refractivity contribution >= 4 is 6.09 Å². The first-order chi connectivity index (χ1) is 7.33. The molecule has 0 aliphatic heterocycles. The van der Waals surface area contributed by atoms with Crippen molar-refractivity contribution in [2.45, 2.75) is 51.6 Å². The number of nitrogens with one attached hydrogen (secondary N) is 1. The summed E-state index contributed by atoms with van der Waals surface area (Å²) in [4.78, 5) is 11.3. The Balaban J connectivity index is 2.28. The summed E-state index contributed by atoms with van der Waals surface area (Å²) < 4.78 is 5.29. The van der Waals surface area contributed by atoms with Crippen LogP contribution in [0.2, 0.25) is 0 Å². The molecule has 0 aromatic heterocycles. The highest BCUT2D eigenvalue weighted by Gasteiger charge is 2.11. The maximum absolute atomic E-state index is 11.3. The van der Waals surface area contributed by atoms with Crippen molar-refractivity contribution in [3.63, 3.8) is 0 Å². The molecule has 0 saturated heterocycles. The molecule has 0 spiro atoms. The largest absolute Gasteiger partial charge is 0.442 e. The fraction of sp³-hybridized carbons (Fsp3) is 0.750. The second kappa shape index (κ2) is 7.32. The molecule has 1 unspecified atom stereocenters. The highest BCUT2D eigenvalue weighted by Crippen LogP contribution is 2.14. The fourth-order valence-electron chi connectivity index (χ4n) is 1.63. The van der Waals surface area contributed by atoms with E-state index in [1.54, 1.807) is 0 Å². The van der Waals surface area contributed by atoms with E-state index in [2.05, 4.69) is 11.4 Å². The molecule has 1 amide bonds. The van der Waals surface area contributed by atoms with Crippen LogP contribution in [-0.2, 0) is 4.74 Å². The Labute approximate surface area is 91.9 Å². The molecule has 86 valence electrons. The van der Waals surface area contributed by atoms with Crippen molar-refractivity contribution in [3.8, 4) is 0 Å². The third-order valence-electron chi connectivity index (χ3n) is 2.49. The molecule has 0 heterocycles. The average molecular weight is 211 g/mol. The molecule has 1 atom stereocenters. The Morgan fingerprint density at radius 1 is 1.47 bits per heavy atom. The highest BCUT2D eigenvalue weighted by atomic mass is 16.6. The van der Waals surface area contributed by atoms with Gasteiger partial charge < -0.3 is 10.1 Å². The molecule has 0 radical (unpaired) electrons. The van der Waals surface area contributed by atoms with E-state index in [4.69, 9.17) is 4.74 Å². The van der Waals surface area contributed by atoms with Gasteiger partial charge in [-0.2, -0.15) is 0 Å². The summed E-state index contributed by atoms with van der Waals surface area (Å²) in [5, 5.41) is 2.72. The van der Waals surface area contributed by atoms with Gasteiger partial charge in [-0.15, -0.1) is 0 Å². The number of carbonyl (C=O) groups is 1. The topological polar surface area (TPSA) is 38.3 Å². The summed E-state index contributed by atoms with van der Waals surface area (Å²) >= 11 is 0. The lowest BCUT2D eigenvalue weighted by atomic mass is 10.0. The number of alkyl carbamates (subject to hydrolysis) is 1. The van der Waals surface area contributed by atoms with Crippen LogP contribution in [0.1, 0.15) is 45.4 Å². The number of rotatable bonds is 3. The van der Waals surface area contributed by atoms with Gasteiger partial charge in [-0.25, -0.2) is 4.79 Å². The summed E-state index contributed by atoms with van der Waals surface area (Å²) in [6.45, 7) is 2.71. The first-order valence-electron chi connectivity index (χ1n) is 5.94. The molecule has 3 heteroatoms. The number of carbonyl (C=O) groups excluding carboxylic acids is 1. The Morgan fingerprint density at radius 3 is 3.13 bits per heavy atom. The molecule has 1 aliphatic carbocycles. The van der Waals surface area contributed by atoms with Crippen LogP contribution >= 0.6 is 0 Å². The van der Waals surface area contributed by atoms with Crippen molar-refractivity contribution in [2.24, 2.45) is 0 Å². The van der Waals surface area contributed by atoms with Gasteiger partial charge in [0.2, 0.25) is 0 Å². The van der Waals surface area contributed by atoms with Gasteiger partial charge >= 0.3 is 6.09 Å². The zero-order valence-corrected chi connectivity index (χ0v) is 9.50. The molecule has 1 rings (SSSR count). The lowest BCUT2D eigenvalue weighted by molar-refractivity contribution is 0.113. The predicted octanol–water partition coefficient (Wildman–Crippen LogP) is 3.01. The molecule has 0 saturated carbocycles. The molecule has 0 aromatic rings. The summed E-state index contributed by atoms with van der Waals surface area (Å²) in [5.74, 6) is 0. The lowest BCUT2D eigenvalue weighted by Gasteiger charge is -2.16. The van der Waals surface area contributed by atoms with Crippen LogP contribution in [0.25, 0.3) is 0 Å². The van der Waals surface area contributed by atoms with Crippen molar-refractivity contribution in [3.05, 3.63) is 12.2 Å². The lowest BCUT2D eigenvalue weighted by Crippen LogP contribution is -2.28. The maximum atomic E-state index is 11.3. The van der Waals surface area contributed by atoms with Gasteiger partial charge in [0.15, 0.2) is 0 Å². The Kier molecular flexibility index (Phi) is 5.90. The number of hydrogen-bond acceptors (Lipinski definition) is 2. The quantitative estimate of drug-likeness (QED) is 0.729. The molecule has 0 aromatic carbocycles. The van der Waals surface area contributed by atoms with Crippen LogP contribution in [-0.4, -0.2) is 18.7 Å². The molecular formula is C12H21NO2. The standard InChI is InChI=1S/C12H21NO2/c1-2-10-13-12(14)15-11-8-6-4-3-5-7-9-11/h6,8,11H,2-5,7,9-10H2,1H3,(H,13,14)/b8-6+. The van der Waals surface area contributed by atoms with Gasteiger partial charge in [0, 0.05) is 6.54 Å². The third kappa shape index (κ3) is 5.45. The van der Waals surface area contributed by atoms with E-state index in [9.17, 15) is 4.79 Å². The van der Waals surface area contributed by atoms with Crippen molar-refractivity contribution in [1.29, 1.82) is 0 Å². The van der Waals surface area contributed by atoms with Crippen molar-refractivity contribution < 1.29 is 9.53 Å². The summed E-state index contributed by atoms with van der Waals surface area (Å²) in [7, 11) is 0. The van der Waals surface area contributed by atoms with E-state index in [1.165, 1.54) is 12.8 Å². The van der Waals surface area contributed by atoms with Crippen LogP contribution in [0.4, 0.5) is 4.79 Å². The van der Waals surface area contributed by atoms with Gasteiger partial charge in [-0.1, -0.05) is 19.4 Å². The van der Waals surface area contributed by atoms with Gasteiger partial charge in [0.25, 0.3) is 0 Å². The van der Waals surface area contributed by atoms with Crippen molar-refractivity contribution in [2.75, 3.05) is 6.54 Å². The molecule has 0 fully saturated rings. The SMILES string of the molecule is CCCNC(=O)OC1/C=C/CCCCC1. The van der Waals surface area contributed by atoms with E-state index in [0.717, 1.165) is 25.7 Å². The van der Waals surface area contributed by atoms with Crippen molar-refractivity contribution in [1.82, 2.24) is 5.32 Å². The molecular weight excluding hydrogens is 190 g/mol. The minimum absolute atomic E-state index is 0.0258. The molecule has 3 nitrogen and oxygen atoms in total. The number of ether oxygens (including phenoxy) is 1. The molecule has 15 heavy (non-hydrogen) atoms. The van der Waals surface area contributed by atoms with Gasteiger partial charge in [0.1, 0.15) is 6.10 Å². The highest BCUT2D eigenvalue weighted by molar-refractivity contribution is 5.67. The van der Waals surface area contributed by atoms with Gasteiger partial charge in [-0.05, 0) is 38.2 Å². The zero-order chi connectivity index (χ0) is 10.9. The van der Waals surface area contributed by atoms with Crippen LogP contribution in [0.5, 0.6) is 0 Å². The van der Waals surface area contributed by atoms with Crippen LogP contribution in [0.3, 0.4) is 0 Å². The van der Waals surface area contributed by atoms with E-state index in [0.29, 0.717) is 6.54 Å². The van der Waals surface area contributed by atoms with E-state index >= 15 is 0 Å². The van der Waals surface area contributed by atoms with E-state index in [1.807, 2.05) is 13.0 Å². The molecule has 1 aliphatic rings. The number of amides is 1. The van der Waals surface area contributed by atoms with E-state index in [-0.39, 0.29) is 12.2 Å². The minimum atomic E-state index is -0.285. The minimum Gasteiger partial charge on any atom is -0.442 e. The molecule has 0 bridgehead atoms. The van der Waals surface area contributed by atoms with Gasteiger partial charge in [-0.3, -0.25) is 0 Å². The monoisotopic (exact) mass is 211 g/mol. The van der Waals surface area contributed by atoms with Crippen LogP contribution in [0, 0.1) is 0 Å². The van der Waals surface area contributed by atoms with Crippen LogP contribution in [0.15, 0.2) is 12.2 Å². The Morgan fingerprint density at radius 2 is 2.33 bits per heavy atom. The first-order valence-corrected chi connectivity index (χ1v) is 5.94. The second-order valence-electron chi connectivity index (χ2n) is 3.94. The third-order valence-corrected chi connectivity index (χ3v) is 2.49. The second-order valence-corrected chi connectivity index (χ2v) is 3.94. The molecule has 1 N–H and O–H groups in total. The Bertz CT molecular complexity index is 214. The zero-order valence-electron chi connectivity index (χ0n) is 9.50. The maximum Gasteiger partial charge on any atom is 0.407 e. The number of allylic oxidation sites excluding steroid dienone is 1. The van der Waals surface area contributed by atoms with E-state index < -0.39 is 0 Å². The number of hydrogen-bond donors (Lipinski definition) is 1. The normalized spacial score (nSPS) is 23.7. The average Bonchev–Trinajstić information content (AvgIpc) is 2.19. The smallest absolute Gasteiger partial charge is 0.407 e. The summed E-state index contributed by atoms with van der Waals surface area (Å²) in [6, 6.07) is 0. The van der Waals surface area contributed by atoms with Gasteiger partial charge in [0.05, 0.1) is 0 Å². The Hall–Kier alpha value is -0.990. The van der Waals surface area contributed by atoms with Crippen LogP contribution < -0.4 is 5.32 Å².